The van der Waals surface area contributed by atoms with Crippen molar-refractivity contribution in [2.24, 2.45) is 0 Å². The van der Waals surface area contributed by atoms with Gasteiger partial charge in [0, 0.05) is 6.54 Å². The molecule has 1 aliphatic carbocycles. The molecule has 6 nitrogen and oxygen atoms in total. The minimum atomic E-state index is -3.23. The van der Waals surface area contributed by atoms with E-state index in [-0.39, 0.29) is 5.25 Å². The van der Waals surface area contributed by atoms with Gasteiger partial charge in [-0.05, 0) is 65.0 Å². The summed E-state index contributed by atoms with van der Waals surface area (Å²) in [6.45, 7) is 0.534. The fourth-order valence-corrected chi connectivity index (χ4v) is 5.54. The quantitative estimate of drug-likeness (QED) is 0.612. The molecule has 0 amide bonds. The molecular weight excluding hydrogens is 404 g/mol. The first kappa shape index (κ1) is 15.3. The van der Waals surface area contributed by atoms with Crippen LogP contribution in [0.15, 0.2) is 41.3 Å². The summed E-state index contributed by atoms with van der Waals surface area (Å²) in [5, 5.41) is -0.200. The summed E-state index contributed by atoms with van der Waals surface area (Å²) in [7, 11) is -3.23. The zero-order chi connectivity index (χ0) is 17.2. The molecule has 128 valence electrons. The van der Waals surface area contributed by atoms with Gasteiger partial charge in [0.25, 0.3) is 0 Å². The molecule has 0 N–H and O–H groups in total. The summed E-state index contributed by atoms with van der Waals surface area (Å²) in [4.78, 5) is 8.88. The van der Waals surface area contributed by atoms with Crippen molar-refractivity contribution in [3.8, 4) is 5.69 Å². The van der Waals surface area contributed by atoms with Crippen molar-refractivity contribution in [2.75, 3.05) is 10.8 Å². The Morgan fingerprint density at radius 2 is 2.00 bits per heavy atom. The number of rotatable bonds is 3. The summed E-state index contributed by atoms with van der Waals surface area (Å²) in [5.74, 6) is 0. The fraction of sp³-hybridized carbons (Fsp3) is 0.294. The third-order valence-corrected chi connectivity index (χ3v) is 7.56. The molecule has 25 heavy (non-hydrogen) atoms. The number of hydrogen-bond acceptors (Lipinski definition) is 4. The largest absolute Gasteiger partial charge is 0.283 e. The fourth-order valence-electron chi connectivity index (χ4n) is 3.36. The molecule has 1 aliphatic heterocycles. The summed E-state index contributed by atoms with van der Waals surface area (Å²) in [6, 6.07) is 9.70. The number of halogens is 1. The second kappa shape index (κ2) is 5.28. The Balaban J connectivity index is 1.64. The van der Waals surface area contributed by atoms with Crippen molar-refractivity contribution in [2.45, 2.75) is 24.5 Å². The summed E-state index contributed by atoms with van der Waals surface area (Å²) in [6.07, 6.45) is 4.03. The predicted molar refractivity (Wildman–Crippen MR) is 99.6 cm³/mol. The van der Waals surface area contributed by atoms with Gasteiger partial charge in [-0.25, -0.2) is 18.4 Å². The monoisotopic (exact) mass is 418 g/mol. The van der Waals surface area contributed by atoms with Crippen LogP contribution in [0.5, 0.6) is 0 Å². The second-order valence-corrected chi connectivity index (χ2v) is 9.42. The first-order valence-electron chi connectivity index (χ1n) is 8.18. The highest BCUT2D eigenvalue weighted by atomic mass is 79.9. The van der Waals surface area contributed by atoms with Gasteiger partial charge in [0.15, 0.2) is 5.65 Å². The molecule has 0 spiro atoms. The van der Waals surface area contributed by atoms with Gasteiger partial charge in [-0.15, -0.1) is 0 Å². The van der Waals surface area contributed by atoms with Crippen LogP contribution in [0.4, 0.5) is 5.69 Å². The van der Waals surface area contributed by atoms with E-state index >= 15 is 0 Å². The van der Waals surface area contributed by atoms with E-state index in [1.807, 2.05) is 34.9 Å². The van der Waals surface area contributed by atoms with E-state index in [0.29, 0.717) is 6.54 Å². The molecular formula is C17H15BrN4O2S. The van der Waals surface area contributed by atoms with Crippen molar-refractivity contribution in [1.29, 1.82) is 0 Å². The zero-order valence-corrected chi connectivity index (χ0v) is 15.7. The Morgan fingerprint density at radius 3 is 2.80 bits per heavy atom. The van der Waals surface area contributed by atoms with Gasteiger partial charge >= 0.3 is 0 Å². The molecule has 2 aliphatic rings. The minimum Gasteiger partial charge on any atom is -0.283 e. The molecule has 1 fully saturated rings. The number of hydrogen-bond donors (Lipinski definition) is 0. The zero-order valence-electron chi connectivity index (χ0n) is 13.3. The molecule has 1 aromatic carbocycles. The standard InChI is InChI=1S/C17H15BrN4O2S/c18-16-6-5-14-17(20-16)21(10-19-14)12-2-1-11-7-8-22(15(11)9-12)25(23,24)13-3-4-13/h1-2,5-6,9-10,13H,3-4,7-8H2. The van der Waals surface area contributed by atoms with Crippen LogP contribution in [-0.4, -0.2) is 34.7 Å². The van der Waals surface area contributed by atoms with Gasteiger partial charge in [-0.3, -0.25) is 8.87 Å². The summed E-state index contributed by atoms with van der Waals surface area (Å²) >= 11 is 3.39. The predicted octanol–water partition coefficient (Wildman–Crippen LogP) is 3.04. The maximum Gasteiger partial charge on any atom is 0.238 e. The van der Waals surface area contributed by atoms with Crippen LogP contribution in [0.2, 0.25) is 0 Å². The van der Waals surface area contributed by atoms with Gasteiger partial charge in [-0.1, -0.05) is 6.07 Å². The molecule has 0 saturated heterocycles. The highest BCUT2D eigenvalue weighted by molar-refractivity contribution is 9.10. The van der Waals surface area contributed by atoms with Crippen LogP contribution >= 0.6 is 15.9 Å². The highest BCUT2D eigenvalue weighted by Gasteiger charge is 2.42. The maximum atomic E-state index is 12.7. The van der Waals surface area contributed by atoms with Gasteiger partial charge in [-0.2, -0.15) is 0 Å². The molecule has 5 rings (SSSR count). The molecule has 8 heteroatoms. The average molecular weight is 419 g/mol. The molecule has 1 saturated carbocycles. The van der Waals surface area contributed by atoms with Crippen molar-refractivity contribution < 1.29 is 8.42 Å². The van der Waals surface area contributed by atoms with E-state index < -0.39 is 10.0 Å². The first-order chi connectivity index (χ1) is 12.0. The summed E-state index contributed by atoms with van der Waals surface area (Å²) in [5.41, 5.74) is 4.27. The number of aromatic nitrogens is 3. The SMILES string of the molecule is O=S(=O)(C1CC1)N1CCc2ccc(-n3cnc4ccc(Br)nc43)cc21. The van der Waals surface area contributed by atoms with E-state index in [4.69, 9.17) is 0 Å². The number of benzene rings is 1. The molecule has 0 bridgehead atoms. The Kier molecular flexibility index (Phi) is 3.24. The van der Waals surface area contributed by atoms with E-state index in [9.17, 15) is 8.42 Å². The van der Waals surface area contributed by atoms with Crippen LogP contribution in [0.3, 0.4) is 0 Å². The third-order valence-electron chi connectivity index (χ3n) is 4.81. The lowest BCUT2D eigenvalue weighted by Crippen LogP contribution is -2.32. The maximum absolute atomic E-state index is 12.7. The number of sulfonamides is 1. The van der Waals surface area contributed by atoms with Gasteiger partial charge < -0.3 is 0 Å². The lowest BCUT2D eigenvalue weighted by molar-refractivity contribution is 0.591. The summed E-state index contributed by atoms with van der Waals surface area (Å²) < 4.78 is 29.6. The molecule has 2 aromatic heterocycles. The van der Waals surface area contributed by atoms with E-state index in [1.165, 1.54) is 0 Å². The van der Waals surface area contributed by atoms with Crippen LogP contribution in [0, 0.1) is 0 Å². The number of fused-ring (bicyclic) bond motifs is 2. The minimum absolute atomic E-state index is 0.200. The van der Waals surface area contributed by atoms with E-state index in [2.05, 4.69) is 25.9 Å². The van der Waals surface area contributed by atoms with Gasteiger partial charge in [0.05, 0.1) is 16.6 Å². The van der Waals surface area contributed by atoms with E-state index in [0.717, 1.165) is 52.0 Å². The number of nitrogens with zero attached hydrogens (tertiary/aromatic N) is 4. The topological polar surface area (TPSA) is 68.1 Å². The van der Waals surface area contributed by atoms with Crippen molar-refractivity contribution in [3.63, 3.8) is 0 Å². The van der Waals surface area contributed by atoms with Gasteiger partial charge in [0.1, 0.15) is 16.4 Å². The number of imidazole rings is 1. The molecule has 3 heterocycles. The lowest BCUT2D eigenvalue weighted by Gasteiger charge is -2.20. The molecule has 3 aromatic rings. The first-order valence-corrected chi connectivity index (χ1v) is 10.5. The Morgan fingerprint density at radius 1 is 1.16 bits per heavy atom. The normalized spacial score (nSPS) is 17.2. The van der Waals surface area contributed by atoms with Crippen LogP contribution in [0.25, 0.3) is 16.9 Å². The van der Waals surface area contributed by atoms with Crippen molar-refractivity contribution in [1.82, 2.24) is 14.5 Å². The number of pyridine rings is 1. The average Bonchev–Trinajstić information content (AvgIpc) is 3.25. The lowest BCUT2D eigenvalue weighted by atomic mass is 10.1. The number of anilines is 1. The van der Waals surface area contributed by atoms with Crippen molar-refractivity contribution in [3.05, 3.63) is 46.8 Å². The van der Waals surface area contributed by atoms with Crippen LogP contribution in [0.1, 0.15) is 18.4 Å². The van der Waals surface area contributed by atoms with Crippen LogP contribution in [-0.2, 0) is 16.4 Å². The Hall–Kier alpha value is -1.93. The van der Waals surface area contributed by atoms with Gasteiger partial charge in [0.2, 0.25) is 10.0 Å². The van der Waals surface area contributed by atoms with Crippen LogP contribution < -0.4 is 4.31 Å². The Labute approximate surface area is 153 Å². The molecule has 0 unspecified atom stereocenters. The second-order valence-electron chi connectivity index (χ2n) is 6.47. The Bertz CT molecular complexity index is 1110. The third kappa shape index (κ3) is 2.38. The molecule has 0 atom stereocenters. The highest BCUT2D eigenvalue weighted by Crippen LogP contribution is 2.39. The smallest absolute Gasteiger partial charge is 0.238 e. The van der Waals surface area contributed by atoms with E-state index in [1.54, 1.807) is 10.6 Å². The molecule has 0 radical (unpaired) electrons. The van der Waals surface area contributed by atoms with Crippen molar-refractivity contribution >= 4 is 42.8 Å².